The van der Waals surface area contributed by atoms with Crippen molar-refractivity contribution in [2.45, 2.75) is 17.1 Å². The second kappa shape index (κ2) is 5.77. The molecule has 0 amide bonds. The van der Waals surface area contributed by atoms with E-state index in [1.165, 1.54) is 16.9 Å². The third kappa shape index (κ3) is 3.64. The van der Waals surface area contributed by atoms with Crippen molar-refractivity contribution in [3.63, 3.8) is 0 Å². The molecule has 17 heavy (non-hydrogen) atoms. The first-order valence-electron chi connectivity index (χ1n) is 5.60. The van der Waals surface area contributed by atoms with Crippen molar-refractivity contribution in [3.8, 4) is 0 Å². The maximum Gasteiger partial charge on any atom is 0.250 e. The van der Waals surface area contributed by atoms with Crippen molar-refractivity contribution >= 4 is 21.4 Å². The van der Waals surface area contributed by atoms with Crippen LogP contribution in [0.15, 0.2) is 33.4 Å². The first-order valence-corrected chi connectivity index (χ1v) is 7.96. The van der Waals surface area contributed by atoms with Gasteiger partial charge in [0, 0.05) is 13.1 Å². The van der Waals surface area contributed by atoms with Gasteiger partial charge in [-0.15, -0.1) is 11.3 Å². The van der Waals surface area contributed by atoms with Crippen LogP contribution < -0.4 is 10.0 Å². The lowest BCUT2D eigenvalue weighted by atomic mass is 10.1. The number of sulfonamides is 1. The molecule has 0 bridgehead atoms. The van der Waals surface area contributed by atoms with Crippen LogP contribution in [-0.4, -0.2) is 28.1 Å². The lowest BCUT2D eigenvalue weighted by Gasteiger charge is -2.13. The summed E-state index contributed by atoms with van der Waals surface area (Å²) in [6.07, 6.45) is 3.95. The first-order chi connectivity index (χ1) is 8.18. The van der Waals surface area contributed by atoms with Crippen LogP contribution >= 0.6 is 11.3 Å². The van der Waals surface area contributed by atoms with Crippen molar-refractivity contribution in [2.24, 2.45) is 0 Å². The van der Waals surface area contributed by atoms with E-state index in [2.05, 4.69) is 16.1 Å². The molecule has 2 heterocycles. The molecule has 0 saturated heterocycles. The van der Waals surface area contributed by atoms with E-state index in [-0.39, 0.29) is 0 Å². The van der Waals surface area contributed by atoms with Gasteiger partial charge >= 0.3 is 0 Å². The van der Waals surface area contributed by atoms with Gasteiger partial charge in [-0.05, 0) is 30.8 Å². The maximum absolute atomic E-state index is 11.8. The number of hydrogen-bond donors (Lipinski definition) is 2. The van der Waals surface area contributed by atoms with Gasteiger partial charge < -0.3 is 5.32 Å². The fraction of sp³-hybridized carbons (Fsp3) is 0.455. The fourth-order valence-electron chi connectivity index (χ4n) is 1.73. The molecule has 0 unspecified atom stereocenters. The lowest BCUT2D eigenvalue weighted by Crippen LogP contribution is -2.26. The lowest BCUT2D eigenvalue weighted by molar-refractivity contribution is 0.582. The van der Waals surface area contributed by atoms with Crippen LogP contribution in [0, 0.1) is 0 Å². The van der Waals surface area contributed by atoms with Gasteiger partial charge in [-0.1, -0.05) is 17.7 Å². The zero-order chi connectivity index (χ0) is 12.1. The molecule has 2 N–H and O–H groups in total. The molecule has 0 spiro atoms. The summed E-state index contributed by atoms with van der Waals surface area (Å²) in [6, 6.07) is 3.37. The normalized spacial score (nSPS) is 16.8. The summed E-state index contributed by atoms with van der Waals surface area (Å²) < 4.78 is 26.6. The Hall–Kier alpha value is -0.690. The van der Waals surface area contributed by atoms with E-state index in [9.17, 15) is 8.42 Å². The topological polar surface area (TPSA) is 58.2 Å². The minimum atomic E-state index is -3.29. The Kier molecular flexibility index (Phi) is 4.33. The summed E-state index contributed by atoms with van der Waals surface area (Å²) in [5.74, 6) is 0. The van der Waals surface area contributed by atoms with Crippen molar-refractivity contribution in [2.75, 3.05) is 19.6 Å². The monoisotopic (exact) mass is 272 g/mol. The summed E-state index contributed by atoms with van der Waals surface area (Å²) in [5.41, 5.74) is 1.33. The number of rotatable bonds is 5. The molecule has 0 aromatic carbocycles. The summed E-state index contributed by atoms with van der Waals surface area (Å²) in [4.78, 5) is 0. The van der Waals surface area contributed by atoms with E-state index in [0.29, 0.717) is 10.8 Å². The Morgan fingerprint density at radius 1 is 1.47 bits per heavy atom. The summed E-state index contributed by atoms with van der Waals surface area (Å²) >= 11 is 1.24. The Bertz CT molecular complexity index is 478. The smallest absolute Gasteiger partial charge is 0.250 e. The van der Waals surface area contributed by atoms with Crippen LogP contribution in [-0.2, 0) is 10.0 Å². The Balaban J connectivity index is 1.84. The van der Waals surface area contributed by atoms with Gasteiger partial charge in [0.05, 0.1) is 0 Å². The van der Waals surface area contributed by atoms with Crippen molar-refractivity contribution in [1.29, 1.82) is 0 Å². The van der Waals surface area contributed by atoms with Crippen LogP contribution in [0.1, 0.15) is 12.8 Å². The van der Waals surface area contributed by atoms with Crippen LogP contribution in [0.5, 0.6) is 0 Å². The third-order valence-corrected chi connectivity index (χ3v) is 5.51. The molecule has 94 valence electrons. The molecule has 1 aliphatic heterocycles. The van der Waals surface area contributed by atoms with E-state index in [4.69, 9.17) is 0 Å². The van der Waals surface area contributed by atoms with E-state index in [0.717, 1.165) is 25.9 Å². The summed E-state index contributed by atoms with van der Waals surface area (Å²) in [7, 11) is -3.29. The maximum atomic E-state index is 11.8. The molecule has 0 aliphatic carbocycles. The van der Waals surface area contributed by atoms with Crippen LogP contribution in [0.3, 0.4) is 0 Å². The van der Waals surface area contributed by atoms with Gasteiger partial charge in [0.25, 0.3) is 0 Å². The SMILES string of the molecule is O=S(=O)(NCCC1=CCNCC1)c1cccs1. The second-order valence-electron chi connectivity index (χ2n) is 3.90. The molecular weight excluding hydrogens is 256 g/mol. The van der Waals surface area contributed by atoms with Gasteiger partial charge in [0.1, 0.15) is 4.21 Å². The molecule has 1 aliphatic rings. The van der Waals surface area contributed by atoms with E-state index >= 15 is 0 Å². The average Bonchev–Trinajstić information content (AvgIpc) is 2.84. The minimum Gasteiger partial charge on any atom is -0.313 e. The average molecular weight is 272 g/mol. The zero-order valence-corrected chi connectivity index (χ0v) is 11.1. The molecule has 1 aromatic rings. The number of nitrogens with one attached hydrogen (secondary N) is 2. The molecule has 2 rings (SSSR count). The highest BCUT2D eigenvalue weighted by molar-refractivity contribution is 7.91. The van der Waals surface area contributed by atoms with Crippen molar-refractivity contribution in [1.82, 2.24) is 10.0 Å². The van der Waals surface area contributed by atoms with Crippen molar-refractivity contribution in [3.05, 3.63) is 29.2 Å². The van der Waals surface area contributed by atoms with Crippen LogP contribution in [0.4, 0.5) is 0 Å². The fourth-order valence-corrected chi connectivity index (χ4v) is 3.80. The van der Waals surface area contributed by atoms with Crippen LogP contribution in [0.25, 0.3) is 0 Å². The summed E-state index contributed by atoms with van der Waals surface area (Å²) in [6.45, 7) is 2.36. The predicted molar refractivity (Wildman–Crippen MR) is 69.7 cm³/mol. The molecule has 0 atom stereocenters. The van der Waals surface area contributed by atoms with Gasteiger partial charge in [0.2, 0.25) is 10.0 Å². The highest BCUT2D eigenvalue weighted by atomic mass is 32.2. The summed E-state index contributed by atoms with van der Waals surface area (Å²) in [5, 5.41) is 5.00. The Morgan fingerprint density at radius 3 is 3.00 bits per heavy atom. The van der Waals surface area contributed by atoms with Gasteiger partial charge in [-0.2, -0.15) is 0 Å². The van der Waals surface area contributed by atoms with E-state index in [1.54, 1.807) is 17.5 Å². The largest absolute Gasteiger partial charge is 0.313 e. The van der Waals surface area contributed by atoms with Gasteiger partial charge in [0.15, 0.2) is 0 Å². The Morgan fingerprint density at radius 2 is 2.35 bits per heavy atom. The molecule has 0 fully saturated rings. The molecule has 0 saturated carbocycles. The zero-order valence-electron chi connectivity index (χ0n) is 9.48. The highest BCUT2D eigenvalue weighted by Crippen LogP contribution is 2.15. The molecular formula is C11H16N2O2S2. The van der Waals surface area contributed by atoms with Gasteiger partial charge in [-0.25, -0.2) is 13.1 Å². The predicted octanol–water partition coefficient (Wildman–Crippen LogP) is 1.34. The first kappa shape index (κ1) is 12.8. The van der Waals surface area contributed by atoms with Crippen molar-refractivity contribution < 1.29 is 8.42 Å². The van der Waals surface area contributed by atoms with Gasteiger partial charge in [-0.3, -0.25) is 0 Å². The molecule has 1 aromatic heterocycles. The van der Waals surface area contributed by atoms with E-state index < -0.39 is 10.0 Å². The van der Waals surface area contributed by atoms with E-state index in [1.807, 2.05) is 0 Å². The third-order valence-electron chi connectivity index (χ3n) is 2.66. The number of hydrogen-bond acceptors (Lipinski definition) is 4. The van der Waals surface area contributed by atoms with Crippen LogP contribution in [0.2, 0.25) is 0 Å². The highest BCUT2D eigenvalue weighted by Gasteiger charge is 2.14. The minimum absolute atomic E-state index is 0.386. The quantitative estimate of drug-likeness (QED) is 0.795. The standard InChI is InChI=1S/C11H16N2O2S2/c14-17(15,11-2-1-9-16-11)13-8-5-10-3-6-12-7-4-10/h1-3,9,12-13H,4-8H2. The molecule has 0 radical (unpaired) electrons. The Labute approximate surface area is 106 Å². The molecule has 6 heteroatoms. The molecule has 4 nitrogen and oxygen atoms in total. The number of thiophene rings is 1. The second-order valence-corrected chi connectivity index (χ2v) is 6.84.